The monoisotopic (exact) mass is 342 g/mol. The standard InChI is InChI=1S/C15H19ClN2OS2/c1-10-3-4-11(12(16)9-10)13(19)18-7-5-15(21-2,6-8-18)14(17)20/h3-4,9H,5-8H2,1-2H3,(H2,17,20). The predicted octanol–water partition coefficient (Wildman–Crippen LogP) is 3.27. The minimum Gasteiger partial charge on any atom is -0.392 e. The van der Waals surface area contributed by atoms with Gasteiger partial charge in [-0.05, 0) is 43.7 Å². The van der Waals surface area contributed by atoms with Gasteiger partial charge in [0.15, 0.2) is 0 Å². The van der Waals surface area contributed by atoms with Gasteiger partial charge in [0.25, 0.3) is 5.91 Å². The lowest BCUT2D eigenvalue weighted by atomic mass is 9.95. The summed E-state index contributed by atoms with van der Waals surface area (Å²) in [5, 5.41) is 0.510. The number of thioether (sulfide) groups is 1. The molecule has 1 heterocycles. The molecule has 0 atom stereocenters. The highest BCUT2D eigenvalue weighted by Gasteiger charge is 2.38. The Morgan fingerprint density at radius 2 is 2.05 bits per heavy atom. The zero-order valence-electron chi connectivity index (χ0n) is 12.2. The molecule has 0 saturated carbocycles. The summed E-state index contributed by atoms with van der Waals surface area (Å²) in [6.07, 6.45) is 3.60. The molecule has 1 aromatic rings. The average Bonchev–Trinajstić information content (AvgIpc) is 2.46. The van der Waals surface area contributed by atoms with Crippen LogP contribution in [0.5, 0.6) is 0 Å². The number of nitrogens with two attached hydrogens (primary N) is 1. The number of rotatable bonds is 3. The summed E-state index contributed by atoms with van der Waals surface area (Å²) in [4.78, 5) is 14.9. The SMILES string of the molecule is CSC1(C(N)=S)CCN(C(=O)c2ccc(C)cc2Cl)CC1. The average molecular weight is 343 g/mol. The number of halogens is 1. The maximum Gasteiger partial charge on any atom is 0.255 e. The van der Waals surface area contributed by atoms with Crippen LogP contribution in [0, 0.1) is 6.92 Å². The summed E-state index contributed by atoms with van der Waals surface area (Å²) >= 11 is 13.1. The molecule has 1 saturated heterocycles. The van der Waals surface area contributed by atoms with E-state index in [9.17, 15) is 4.79 Å². The topological polar surface area (TPSA) is 46.3 Å². The first-order chi connectivity index (χ1) is 9.89. The van der Waals surface area contributed by atoms with Gasteiger partial charge in [-0.25, -0.2) is 0 Å². The lowest BCUT2D eigenvalue weighted by Gasteiger charge is -2.40. The van der Waals surface area contributed by atoms with Gasteiger partial charge in [0.2, 0.25) is 0 Å². The zero-order valence-corrected chi connectivity index (χ0v) is 14.6. The van der Waals surface area contributed by atoms with Crippen molar-refractivity contribution < 1.29 is 4.79 Å². The number of benzene rings is 1. The molecule has 114 valence electrons. The first-order valence-corrected chi connectivity index (χ1v) is 8.81. The number of hydrogen-bond acceptors (Lipinski definition) is 3. The molecule has 0 unspecified atom stereocenters. The normalized spacial score (nSPS) is 17.6. The molecule has 3 nitrogen and oxygen atoms in total. The maximum absolute atomic E-state index is 12.6. The highest BCUT2D eigenvalue weighted by atomic mass is 35.5. The van der Waals surface area contributed by atoms with Gasteiger partial charge in [-0.3, -0.25) is 4.79 Å². The van der Waals surface area contributed by atoms with Gasteiger partial charge in [-0.1, -0.05) is 29.9 Å². The Hall–Kier alpha value is -0.780. The van der Waals surface area contributed by atoms with E-state index in [1.165, 1.54) is 0 Å². The van der Waals surface area contributed by atoms with Crippen molar-refractivity contribution in [1.29, 1.82) is 0 Å². The van der Waals surface area contributed by atoms with E-state index in [1.807, 2.05) is 30.2 Å². The third-order valence-corrected chi connectivity index (χ3v) is 6.30. The van der Waals surface area contributed by atoms with E-state index in [0.29, 0.717) is 28.7 Å². The van der Waals surface area contributed by atoms with E-state index in [0.717, 1.165) is 18.4 Å². The number of carbonyl (C=O) groups is 1. The van der Waals surface area contributed by atoms with Gasteiger partial charge in [-0.15, -0.1) is 0 Å². The Bertz CT molecular complexity index is 569. The second-order valence-electron chi connectivity index (χ2n) is 5.34. The van der Waals surface area contributed by atoms with Crippen molar-refractivity contribution >= 4 is 46.5 Å². The number of piperidine rings is 1. The van der Waals surface area contributed by atoms with Crippen LogP contribution in [0.2, 0.25) is 5.02 Å². The van der Waals surface area contributed by atoms with Crippen LogP contribution in [0.25, 0.3) is 0 Å². The van der Waals surface area contributed by atoms with Crippen LogP contribution >= 0.6 is 35.6 Å². The Balaban J connectivity index is 2.12. The summed E-state index contributed by atoms with van der Waals surface area (Å²) in [5.41, 5.74) is 7.48. The fourth-order valence-corrected chi connectivity index (χ4v) is 4.15. The van der Waals surface area contributed by atoms with Crippen molar-refractivity contribution in [2.24, 2.45) is 5.73 Å². The molecule has 0 spiro atoms. The third kappa shape index (κ3) is 3.35. The summed E-state index contributed by atoms with van der Waals surface area (Å²) < 4.78 is -0.177. The number of amides is 1. The van der Waals surface area contributed by atoms with Gasteiger partial charge in [-0.2, -0.15) is 11.8 Å². The number of likely N-dealkylation sites (tertiary alicyclic amines) is 1. The van der Waals surface area contributed by atoms with Gasteiger partial charge in [0.05, 0.1) is 20.3 Å². The molecule has 1 aliphatic rings. The van der Waals surface area contributed by atoms with E-state index < -0.39 is 0 Å². The first-order valence-electron chi connectivity index (χ1n) is 6.80. The molecule has 0 radical (unpaired) electrons. The molecular weight excluding hydrogens is 324 g/mol. The molecule has 21 heavy (non-hydrogen) atoms. The van der Waals surface area contributed by atoms with Crippen molar-refractivity contribution in [2.45, 2.75) is 24.5 Å². The van der Waals surface area contributed by atoms with Gasteiger partial charge >= 0.3 is 0 Å². The van der Waals surface area contributed by atoms with Gasteiger partial charge < -0.3 is 10.6 Å². The van der Waals surface area contributed by atoms with Crippen LogP contribution < -0.4 is 5.73 Å². The molecule has 0 bridgehead atoms. The molecule has 0 aliphatic carbocycles. The number of nitrogens with zero attached hydrogens (tertiary/aromatic N) is 1. The van der Waals surface area contributed by atoms with E-state index in [1.54, 1.807) is 17.8 Å². The summed E-state index contributed by atoms with van der Waals surface area (Å²) in [5.74, 6) is -0.0161. The maximum atomic E-state index is 12.6. The molecule has 1 aliphatic heterocycles. The van der Waals surface area contributed by atoms with Crippen LogP contribution in [0.4, 0.5) is 0 Å². The smallest absolute Gasteiger partial charge is 0.255 e. The molecular formula is C15H19ClN2OS2. The van der Waals surface area contributed by atoms with E-state index in [4.69, 9.17) is 29.6 Å². The molecule has 0 aromatic heterocycles. The fraction of sp³-hybridized carbons (Fsp3) is 0.467. The van der Waals surface area contributed by atoms with Crippen molar-refractivity contribution in [3.63, 3.8) is 0 Å². The van der Waals surface area contributed by atoms with Crippen LogP contribution in [0.1, 0.15) is 28.8 Å². The highest BCUT2D eigenvalue weighted by Crippen LogP contribution is 2.35. The number of thiocarbonyl (C=S) groups is 1. The second kappa shape index (κ2) is 6.55. The summed E-state index contributed by atoms with van der Waals surface area (Å²) in [7, 11) is 0. The van der Waals surface area contributed by atoms with E-state index >= 15 is 0 Å². The quantitative estimate of drug-likeness (QED) is 0.856. The lowest BCUT2D eigenvalue weighted by Crippen LogP contribution is -2.50. The van der Waals surface area contributed by atoms with Gasteiger partial charge in [0, 0.05) is 13.1 Å². The van der Waals surface area contributed by atoms with Crippen LogP contribution in [-0.4, -0.2) is 39.9 Å². The van der Waals surface area contributed by atoms with Crippen molar-refractivity contribution in [3.8, 4) is 0 Å². The summed E-state index contributed by atoms with van der Waals surface area (Å²) in [6.45, 7) is 3.26. The number of hydrogen-bond donors (Lipinski definition) is 1. The van der Waals surface area contributed by atoms with Crippen LogP contribution in [0.15, 0.2) is 18.2 Å². The minimum atomic E-state index is -0.177. The number of aryl methyl sites for hydroxylation is 1. The molecule has 1 aromatic carbocycles. The zero-order chi connectivity index (χ0) is 15.6. The molecule has 2 rings (SSSR count). The first kappa shape index (κ1) is 16.6. The molecule has 2 N–H and O–H groups in total. The second-order valence-corrected chi connectivity index (χ2v) is 7.37. The summed E-state index contributed by atoms with van der Waals surface area (Å²) in [6, 6.07) is 5.52. The molecule has 1 fully saturated rings. The predicted molar refractivity (Wildman–Crippen MR) is 94.4 cm³/mol. The minimum absolute atomic E-state index is 0.0161. The van der Waals surface area contributed by atoms with Crippen molar-refractivity contribution in [1.82, 2.24) is 4.90 Å². The Morgan fingerprint density at radius 1 is 1.43 bits per heavy atom. The highest BCUT2D eigenvalue weighted by molar-refractivity contribution is 8.02. The lowest BCUT2D eigenvalue weighted by molar-refractivity contribution is 0.0719. The van der Waals surface area contributed by atoms with Gasteiger partial charge in [0.1, 0.15) is 0 Å². The van der Waals surface area contributed by atoms with Crippen LogP contribution in [0.3, 0.4) is 0 Å². The van der Waals surface area contributed by atoms with Crippen molar-refractivity contribution in [2.75, 3.05) is 19.3 Å². The molecule has 6 heteroatoms. The fourth-order valence-electron chi connectivity index (χ4n) is 2.59. The molecule has 1 amide bonds. The Morgan fingerprint density at radius 3 is 2.52 bits per heavy atom. The van der Waals surface area contributed by atoms with E-state index in [2.05, 4.69) is 0 Å². The third-order valence-electron chi connectivity index (χ3n) is 4.05. The number of carbonyl (C=O) groups excluding carboxylic acids is 1. The van der Waals surface area contributed by atoms with E-state index in [-0.39, 0.29) is 10.7 Å². The van der Waals surface area contributed by atoms with Crippen LogP contribution in [-0.2, 0) is 0 Å². The largest absolute Gasteiger partial charge is 0.392 e. The Labute approximate surface area is 140 Å². The Kier molecular flexibility index (Phi) is 5.17. The van der Waals surface area contributed by atoms with Crippen molar-refractivity contribution in [3.05, 3.63) is 34.3 Å².